The zero-order valence-corrected chi connectivity index (χ0v) is 23.1. The van der Waals surface area contributed by atoms with Crippen molar-refractivity contribution in [3.8, 4) is 33.9 Å². The summed E-state index contributed by atoms with van der Waals surface area (Å²) in [5, 5.41) is 3.11. The quantitative estimate of drug-likeness (QED) is 0.247. The standard InChI is InChI=1S/C31H24FN3O5S/c1-33-30(36)28-23-16-22(19-7-6-8-20(15-19)31-34-24-9-4-5-10-26(24)40-31)25(35(2)41(3,37)38)17-27(23)39-29(28)18-11-13-21(32)14-12-18/h4-17H,1-3H3,(H,33,36). The fourth-order valence-electron chi connectivity index (χ4n) is 4.77. The van der Waals surface area contributed by atoms with E-state index in [2.05, 4.69) is 10.3 Å². The minimum atomic E-state index is -3.68. The molecule has 206 valence electrons. The molecule has 0 aliphatic rings. The summed E-state index contributed by atoms with van der Waals surface area (Å²) in [7, 11) is -0.717. The second-order valence-corrected chi connectivity index (χ2v) is 11.6. The summed E-state index contributed by atoms with van der Waals surface area (Å²) in [6.45, 7) is 0. The molecule has 0 saturated heterocycles. The topological polar surface area (TPSA) is 106 Å². The third-order valence-electron chi connectivity index (χ3n) is 6.92. The molecule has 0 saturated carbocycles. The van der Waals surface area contributed by atoms with E-state index < -0.39 is 21.7 Å². The third-order valence-corrected chi connectivity index (χ3v) is 8.11. The molecule has 2 aromatic heterocycles. The Morgan fingerprint density at radius 1 is 0.878 bits per heavy atom. The normalized spacial score (nSPS) is 11.7. The molecular weight excluding hydrogens is 545 g/mol. The lowest BCUT2D eigenvalue weighted by atomic mass is 9.97. The summed E-state index contributed by atoms with van der Waals surface area (Å²) in [5.74, 6) is -0.173. The summed E-state index contributed by atoms with van der Waals surface area (Å²) in [6, 6.07) is 23.7. The third kappa shape index (κ3) is 4.72. The average molecular weight is 570 g/mol. The molecule has 0 spiro atoms. The number of halogens is 1. The number of hydrogen-bond donors (Lipinski definition) is 1. The highest BCUT2D eigenvalue weighted by molar-refractivity contribution is 7.92. The highest BCUT2D eigenvalue weighted by Crippen LogP contribution is 2.42. The zero-order valence-electron chi connectivity index (χ0n) is 22.3. The van der Waals surface area contributed by atoms with E-state index in [9.17, 15) is 17.6 Å². The van der Waals surface area contributed by atoms with E-state index in [-0.39, 0.29) is 11.3 Å². The number of benzene rings is 4. The number of fused-ring (bicyclic) bond motifs is 2. The van der Waals surface area contributed by atoms with Crippen molar-refractivity contribution in [3.63, 3.8) is 0 Å². The van der Waals surface area contributed by atoms with Gasteiger partial charge in [0.05, 0.1) is 17.5 Å². The van der Waals surface area contributed by atoms with E-state index in [1.807, 2.05) is 48.5 Å². The fourth-order valence-corrected chi connectivity index (χ4v) is 5.28. The van der Waals surface area contributed by atoms with Crippen molar-refractivity contribution in [1.82, 2.24) is 10.3 Å². The first-order valence-electron chi connectivity index (χ1n) is 12.6. The van der Waals surface area contributed by atoms with Crippen LogP contribution in [0.2, 0.25) is 0 Å². The van der Waals surface area contributed by atoms with Crippen molar-refractivity contribution in [2.45, 2.75) is 0 Å². The van der Waals surface area contributed by atoms with E-state index in [0.29, 0.717) is 55.9 Å². The van der Waals surface area contributed by atoms with Gasteiger partial charge in [0.25, 0.3) is 5.91 Å². The van der Waals surface area contributed by atoms with Crippen molar-refractivity contribution in [3.05, 3.63) is 96.3 Å². The Bertz CT molecular complexity index is 2030. The summed E-state index contributed by atoms with van der Waals surface area (Å²) in [5.41, 5.74) is 4.66. The van der Waals surface area contributed by atoms with Crippen LogP contribution in [0.5, 0.6) is 0 Å². The number of amides is 1. The lowest BCUT2D eigenvalue weighted by Gasteiger charge is -2.21. The molecule has 8 nitrogen and oxygen atoms in total. The number of nitrogens with zero attached hydrogens (tertiary/aromatic N) is 2. The van der Waals surface area contributed by atoms with Crippen molar-refractivity contribution in [1.29, 1.82) is 0 Å². The molecule has 0 aliphatic heterocycles. The van der Waals surface area contributed by atoms with Crippen LogP contribution in [0.25, 0.3) is 56.0 Å². The molecule has 6 aromatic rings. The summed E-state index contributed by atoms with van der Waals surface area (Å²) in [4.78, 5) is 17.7. The minimum absolute atomic E-state index is 0.240. The van der Waals surface area contributed by atoms with E-state index in [0.717, 1.165) is 10.6 Å². The molecule has 0 atom stereocenters. The van der Waals surface area contributed by atoms with Crippen molar-refractivity contribution >= 4 is 43.7 Å². The second kappa shape index (κ2) is 9.90. The molecule has 4 aromatic carbocycles. The summed E-state index contributed by atoms with van der Waals surface area (Å²) < 4.78 is 52.3. The second-order valence-electron chi connectivity index (χ2n) is 9.56. The van der Waals surface area contributed by atoms with Gasteiger partial charge in [-0.05, 0) is 60.2 Å². The molecule has 1 amide bonds. The van der Waals surface area contributed by atoms with Crippen LogP contribution in [0, 0.1) is 5.82 Å². The van der Waals surface area contributed by atoms with Gasteiger partial charge in [0.15, 0.2) is 5.58 Å². The first-order chi connectivity index (χ1) is 19.6. The van der Waals surface area contributed by atoms with E-state index in [1.165, 1.54) is 38.4 Å². The lowest BCUT2D eigenvalue weighted by molar-refractivity contribution is 0.0964. The number of anilines is 1. The van der Waals surface area contributed by atoms with Crippen molar-refractivity contribution < 1.29 is 26.4 Å². The molecule has 41 heavy (non-hydrogen) atoms. The predicted molar refractivity (Wildman–Crippen MR) is 157 cm³/mol. The van der Waals surface area contributed by atoms with Crippen LogP contribution in [0.3, 0.4) is 0 Å². The van der Waals surface area contributed by atoms with Gasteiger partial charge in [0.2, 0.25) is 15.9 Å². The van der Waals surface area contributed by atoms with E-state index in [4.69, 9.17) is 8.83 Å². The Morgan fingerprint density at radius 2 is 1.61 bits per heavy atom. The molecule has 10 heteroatoms. The van der Waals surface area contributed by atoms with Crippen LogP contribution >= 0.6 is 0 Å². The van der Waals surface area contributed by atoms with Crippen molar-refractivity contribution in [2.75, 3.05) is 24.7 Å². The molecule has 0 aliphatic carbocycles. The Labute approximate surface area is 235 Å². The van der Waals surface area contributed by atoms with Gasteiger partial charge in [0.1, 0.15) is 22.7 Å². The lowest BCUT2D eigenvalue weighted by Crippen LogP contribution is -2.25. The van der Waals surface area contributed by atoms with Crippen LogP contribution in [0.4, 0.5) is 10.1 Å². The molecule has 1 N–H and O–H groups in total. The first kappa shape index (κ1) is 26.3. The van der Waals surface area contributed by atoms with Crippen molar-refractivity contribution in [2.24, 2.45) is 0 Å². The number of para-hydroxylation sites is 2. The zero-order chi connectivity index (χ0) is 28.9. The maximum absolute atomic E-state index is 13.7. The highest BCUT2D eigenvalue weighted by atomic mass is 32.2. The maximum Gasteiger partial charge on any atom is 0.255 e. The fraction of sp³-hybridized carbons (Fsp3) is 0.0968. The van der Waals surface area contributed by atoms with Gasteiger partial charge in [-0.3, -0.25) is 9.10 Å². The molecule has 6 rings (SSSR count). The van der Waals surface area contributed by atoms with Crippen LogP contribution in [-0.2, 0) is 10.0 Å². The van der Waals surface area contributed by atoms with Gasteiger partial charge in [-0.25, -0.2) is 17.8 Å². The van der Waals surface area contributed by atoms with Crippen LogP contribution in [0.1, 0.15) is 10.4 Å². The first-order valence-corrected chi connectivity index (χ1v) is 14.5. The maximum atomic E-state index is 13.7. The number of carbonyl (C=O) groups excluding carboxylic acids is 1. The number of rotatable bonds is 6. The highest BCUT2D eigenvalue weighted by Gasteiger charge is 2.26. The predicted octanol–water partition coefficient (Wildman–Crippen LogP) is 6.47. The Balaban J connectivity index is 1.61. The van der Waals surface area contributed by atoms with Crippen LogP contribution < -0.4 is 9.62 Å². The number of hydrogen-bond acceptors (Lipinski definition) is 6. The van der Waals surface area contributed by atoms with Crippen LogP contribution in [-0.4, -0.2) is 39.7 Å². The van der Waals surface area contributed by atoms with E-state index in [1.54, 1.807) is 12.1 Å². The van der Waals surface area contributed by atoms with Crippen LogP contribution in [0.15, 0.2) is 93.8 Å². The van der Waals surface area contributed by atoms with Gasteiger partial charge >= 0.3 is 0 Å². The van der Waals surface area contributed by atoms with Gasteiger partial charge in [0, 0.05) is 42.2 Å². The SMILES string of the molecule is CNC(=O)c1c(-c2ccc(F)cc2)oc2cc(N(C)S(C)(=O)=O)c(-c3cccc(-c4nc5ccccc5o4)c3)cc12. The Kier molecular flexibility index (Phi) is 6.34. The number of oxazole rings is 1. The van der Waals surface area contributed by atoms with Gasteiger partial charge < -0.3 is 14.2 Å². The van der Waals surface area contributed by atoms with Gasteiger partial charge in [-0.15, -0.1) is 0 Å². The smallest absolute Gasteiger partial charge is 0.255 e. The Hall–Kier alpha value is -4.96. The molecular formula is C31H24FN3O5S. The average Bonchev–Trinajstić information content (AvgIpc) is 3.57. The largest absolute Gasteiger partial charge is 0.455 e. The number of sulfonamides is 1. The number of nitrogens with one attached hydrogen (secondary N) is 1. The van der Waals surface area contributed by atoms with E-state index >= 15 is 0 Å². The monoisotopic (exact) mass is 569 g/mol. The molecule has 0 radical (unpaired) electrons. The summed E-state index contributed by atoms with van der Waals surface area (Å²) in [6.07, 6.45) is 1.11. The molecule has 2 heterocycles. The summed E-state index contributed by atoms with van der Waals surface area (Å²) >= 11 is 0. The minimum Gasteiger partial charge on any atom is -0.455 e. The molecule has 0 bridgehead atoms. The number of carbonyl (C=O) groups is 1. The number of aromatic nitrogens is 1. The van der Waals surface area contributed by atoms with Gasteiger partial charge in [-0.1, -0.05) is 24.3 Å². The Morgan fingerprint density at radius 3 is 2.32 bits per heavy atom. The molecule has 0 fully saturated rings. The number of furan rings is 1. The van der Waals surface area contributed by atoms with Gasteiger partial charge in [-0.2, -0.15) is 0 Å². The molecule has 0 unspecified atom stereocenters.